The lowest BCUT2D eigenvalue weighted by atomic mass is 9.95. The summed E-state index contributed by atoms with van der Waals surface area (Å²) >= 11 is 3.50. The number of esters is 1. The second-order valence-corrected chi connectivity index (χ2v) is 10.9. The third-order valence-corrected chi connectivity index (χ3v) is 7.96. The van der Waals surface area contributed by atoms with E-state index in [1.54, 1.807) is 32.1 Å². The fourth-order valence-corrected chi connectivity index (χ4v) is 5.91. The molecule has 1 unspecified atom stereocenters. The maximum absolute atomic E-state index is 13.8. The normalized spacial score (nSPS) is 16.4. The molecule has 6 rings (SSSR count). The molecule has 0 saturated carbocycles. The smallest absolute Gasteiger partial charge is 0.338 e. The predicted molar refractivity (Wildman–Crippen MR) is 150 cm³/mol. The van der Waals surface area contributed by atoms with Crippen molar-refractivity contribution in [1.29, 1.82) is 0 Å². The van der Waals surface area contributed by atoms with Gasteiger partial charge in [-0.05, 0) is 78.4 Å². The molecule has 0 saturated heterocycles. The summed E-state index contributed by atoms with van der Waals surface area (Å²) in [6, 6.07) is 16.4. The van der Waals surface area contributed by atoms with Crippen LogP contribution in [-0.4, -0.2) is 23.9 Å². The molecule has 0 radical (unpaired) electrons. The van der Waals surface area contributed by atoms with E-state index in [9.17, 15) is 9.59 Å². The maximum atomic E-state index is 13.8. The number of rotatable bonds is 5. The SMILES string of the molecule is CCOC(=O)C1=C(C)N=c2sc(=Cc3ccc(-c4ccc(I)cc4)o3)c(=O)n2C1c1ccc2c(c1)OCO2. The Morgan fingerprint density at radius 3 is 2.74 bits per heavy atom. The summed E-state index contributed by atoms with van der Waals surface area (Å²) in [5, 5.41) is 0. The van der Waals surface area contributed by atoms with Crippen LogP contribution in [-0.2, 0) is 9.53 Å². The van der Waals surface area contributed by atoms with Crippen LogP contribution in [0.15, 0.2) is 80.1 Å². The van der Waals surface area contributed by atoms with Gasteiger partial charge in [-0.2, -0.15) is 0 Å². The van der Waals surface area contributed by atoms with Gasteiger partial charge < -0.3 is 18.6 Å². The van der Waals surface area contributed by atoms with Crippen molar-refractivity contribution in [2.24, 2.45) is 4.99 Å². The van der Waals surface area contributed by atoms with Crippen LogP contribution in [0.2, 0.25) is 0 Å². The van der Waals surface area contributed by atoms with Crippen molar-refractivity contribution < 1.29 is 23.4 Å². The van der Waals surface area contributed by atoms with Gasteiger partial charge in [-0.1, -0.05) is 29.5 Å². The maximum Gasteiger partial charge on any atom is 0.338 e. The van der Waals surface area contributed by atoms with Gasteiger partial charge in [0, 0.05) is 15.2 Å². The number of thiazole rings is 1. The van der Waals surface area contributed by atoms with E-state index in [4.69, 9.17) is 18.6 Å². The number of halogens is 1. The Hall–Kier alpha value is -3.64. The Labute approximate surface area is 234 Å². The van der Waals surface area contributed by atoms with E-state index >= 15 is 0 Å². The molecule has 8 nitrogen and oxygen atoms in total. The fraction of sp³-hybridized carbons (Fsp3) is 0.179. The Morgan fingerprint density at radius 2 is 1.95 bits per heavy atom. The Kier molecular flexibility index (Phi) is 6.44. The summed E-state index contributed by atoms with van der Waals surface area (Å²) in [6.45, 7) is 3.82. The number of nitrogens with zero attached hydrogens (tertiary/aromatic N) is 2. The monoisotopic (exact) mass is 640 g/mol. The minimum atomic E-state index is -0.735. The molecule has 0 amide bonds. The van der Waals surface area contributed by atoms with Gasteiger partial charge in [-0.15, -0.1) is 0 Å². The largest absolute Gasteiger partial charge is 0.463 e. The highest BCUT2D eigenvalue weighted by atomic mass is 127. The minimum absolute atomic E-state index is 0.120. The summed E-state index contributed by atoms with van der Waals surface area (Å²) in [7, 11) is 0. The van der Waals surface area contributed by atoms with Crippen LogP contribution in [0.4, 0.5) is 0 Å². The predicted octanol–water partition coefficient (Wildman–Crippen LogP) is 4.39. The molecule has 0 N–H and O–H groups in total. The van der Waals surface area contributed by atoms with E-state index in [1.807, 2.05) is 42.5 Å². The number of hydrogen-bond donors (Lipinski definition) is 0. The standard InChI is InChI=1S/C28H21IN2O6S/c1-3-34-27(33)24-15(2)30-28-31(25(24)17-6-10-21-22(12-17)36-14-35-21)26(32)23(38-28)13-19-9-11-20(37-19)16-4-7-18(29)8-5-16/h4-13,25H,3,14H2,1-2H3. The van der Waals surface area contributed by atoms with Crippen molar-refractivity contribution in [2.75, 3.05) is 13.4 Å². The molecule has 0 aliphatic carbocycles. The third kappa shape index (κ3) is 4.37. The molecule has 1 atom stereocenters. The summed E-state index contributed by atoms with van der Waals surface area (Å²) in [5.41, 5.74) is 2.17. The first-order valence-electron chi connectivity index (χ1n) is 11.9. The summed E-state index contributed by atoms with van der Waals surface area (Å²) in [6.07, 6.45) is 1.71. The van der Waals surface area contributed by atoms with Crippen LogP contribution in [0.5, 0.6) is 11.5 Å². The van der Waals surface area contributed by atoms with E-state index in [0.29, 0.717) is 49.2 Å². The van der Waals surface area contributed by atoms with Gasteiger partial charge in [0.15, 0.2) is 16.3 Å². The lowest BCUT2D eigenvalue weighted by molar-refractivity contribution is -0.139. The van der Waals surface area contributed by atoms with E-state index < -0.39 is 12.0 Å². The zero-order chi connectivity index (χ0) is 26.4. The summed E-state index contributed by atoms with van der Waals surface area (Å²) < 4.78 is 25.5. The molecular weight excluding hydrogens is 619 g/mol. The number of benzene rings is 2. The molecule has 2 aliphatic rings. The lowest BCUT2D eigenvalue weighted by Gasteiger charge is -2.24. The van der Waals surface area contributed by atoms with Crippen molar-refractivity contribution >= 4 is 46.0 Å². The molecule has 0 spiro atoms. The second-order valence-electron chi connectivity index (χ2n) is 8.62. The highest BCUT2D eigenvalue weighted by molar-refractivity contribution is 14.1. The number of allylic oxidation sites excluding steroid dienone is 1. The number of ether oxygens (including phenoxy) is 3. The van der Waals surface area contributed by atoms with Crippen molar-refractivity contribution in [3.63, 3.8) is 0 Å². The minimum Gasteiger partial charge on any atom is -0.463 e. The molecule has 38 heavy (non-hydrogen) atoms. The van der Waals surface area contributed by atoms with Gasteiger partial charge in [0.05, 0.1) is 28.5 Å². The number of aromatic nitrogens is 1. The number of carbonyl (C=O) groups excluding carboxylic acids is 1. The van der Waals surface area contributed by atoms with Crippen LogP contribution in [0, 0.1) is 3.57 Å². The molecule has 2 aliphatic heterocycles. The van der Waals surface area contributed by atoms with Gasteiger partial charge in [-0.25, -0.2) is 9.79 Å². The van der Waals surface area contributed by atoms with Crippen molar-refractivity contribution in [1.82, 2.24) is 4.57 Å². The van der Waals surface area contributed by atoms with Gasteiger partial charge in [0.25, 0.3) is 5.56 Å². The van der Waals surface area contributed by atoms with Crippen LogP contribution < -0.4 is 24.4 Å². The lowest BCUT2D eigenvalue weighted by Crippen LogP contribution is -2.39. The number of carbonyl (C=O) groups is 1. The van der Waals surface area contributed by atoms with Gasteiger partial charge in [-0.3, -0.25) is 9.36 Å². The molecule has 2 aromatic heterocycles. The Bertz CT molecular complexity index is 1780. The van der Waals surface area contributed by atoms with Gasteiger partial charge in [0.1, 0.15) is 11.5 Å². The first-order chi connectivity index (χ1) is 18.4. The zero-order valence-corrected chi connectivity index (χ0v) is 23.4. The topological polar surface area (TPSA) is 92.3 Å². The summed E-state index contributed by atoms with van der Waals surface area (Å²) in [5.74, 6) is 1.91. The van der Waals surface area contributed by atoms with Gasteiger partial charge in [0.2, 0.25) is 6.79 Å². The van der Waals surface area contributed by atoms with E-state index in [2.05, 4.69) is 27.6 Å². The van der Waals surface area contributed by atoms with Crippen LogP contribution in [0.25, 0.3) is 17.4 Å². The third-order valence-electron chi connectivity index (χ3n) is 6.26. The zero-order valence-electron chi connectivity index (χ0n) is 20.4. The molecular formula is C28H21IN2O6S. The second kappa shape index (κ2) is 9.91. The van der Waals surface area contributed by atoms with Crippen molar-refractivity contribution in [3.8, 4) is 22.8 Å². The molecule has 10 heteroatoms. The molecule has 2 aromatic carbocycles. The van der Waals surface area contributed by atoms with Crippen LogP contribution in [0.1, 0.15) is 31.2 Å². The van der Waals surface area contributed by atoms with Crippen molar-refractivity contribution in [2.45, 2.75) is 19.9 Å². The number of hydrogen-bond acceptors (Lipinski definition) is 8. The average molecular weight is 640 g/mol. The molecule has 192 valence electrons. The highest BCUT2D eigenvalue weighted by Crippen LogP contribution is 2.38. The van der Waals surface area contributed by atoms with E-state index in [0.717, 1.165) is 9.13 Å². The first-order valence-corrected chi connectivity index (χ1v) is 13.8. The molecule has 4 heterocycles. The quantitative estimate of drug-likeness (QED) is 0.238. The van der Waals surface area contributed by atoms with E-state index in [1.165, 1.54) is 15.9 Å². The van der Waals surface area contributed by atoms with Gasteiger partial charge >= 0.3 is 5.97 Å². The molecule has 0 fully saturated rings. The number of furan rings is 1. The molecule has 0 bridgehead atoms. The Morgan fingerprint density at radius 1 is 1.16 bits per heavy atom. The fourth-order valence-electron chi connectivity index (χ4n) is 4.52. The van der Waals surface area contributed by atoms with Crippen LogP contribution >= 0.6 is 33.9 Å². The van der Waals surface area contributed by atoms with E-state index in [-0.39, 0.29) is 19.0 Å². The van der Waals surface area contributed by atoms with Crippen molar-refractivity contribution in [3.05, 3.63) is 100 Å². The number of fused-ring (bicyclic) bond motifs is 2. The average Bonchev–Trinajstić information content (AvgIpc) is 3.63. The first kappa shape index (κ1) is 24.7. The molecule has 4 aromatic rings. The summed E-state index contributed by atoms with van der Waals surface area (Å²) in [4.78, 5) is 32.0. The Balaban J connectivity index is 1.47. The van der Waals surface area contributed by atoms with Crippen LogP contribution in [0.3, 0.4) is 0 Å². The highest BCUT2D eigenvalue weighted by Gasteiger charge is 2.34.